The zero-order chi connectivity index (χ0) is 18.9. The molecule has 1 heterocycles. The van der Waals surface area contributed by atoms with Gasteiger partial charge < -0.3 is 5.32 Å². The maximum absolute atomic E-state index is 13.0. The second-order valence-corrected chi connectivity index (χ2v) is 7.80. The van der Waals surface area contributed by atoms with Crippen LogP contribution in [-0.2, 0) is 16.2 Å². The van der Waals surface area contributed by atoms with E-state index in [-0.39, 0.29) is 11.4 Å². The summed E-state index contributed by atoms with van der Waals surface area (Å²) in [7, 11) is -3.39. The average molecular weight is 384 g/mol. The molecule has 0 bridgehead atoms. The second-order valence-electron chi connectivity index (χ2n) is 5.79. The fourth-order valence-corrected chi connectivity index (χ4v) is 4.35. The first kappa shape index (κ1) is 18.2. The Bertz CT molecular complexity index is 942. The monoisotopic (exact) mass is 384 g/mol. The van der Waals surface area contributed by atoms with Gasteiger partial charge in [0.1, 0.15) is 0 Å². The fraction of sp³-hybridized carbons (Fsp3) is 0.235. The number of nitrogens with zero attached hydrogens (tertiary/aromatic N) is 1. The van der Waals surface area contributed by atoms with Crippen LogP contribution in [0.4, 0.5) is 24.5 Å². The van der Waals surface area contributed by atoms with Gasteiger partial charge >= 0.3 is 6.18 Å². The Balaban J connectivity index is 1.87. The molecule has 1 aliphatic heterocycles. The van der Waals surface area contributed by atoms with Crippen LogP contribution in [0.1, 0.15) is 22.3 Å². The maximum atomic E-state index is 13.0. The van der Waals surface area contributed by atoms with Gasteiger partial charge in [0.2, 0.25) is 10.0 Å². The van der Waals surface area contributed by atoms with Gasteiger partial charge in [0.05, 0.1) is 22.6 Å². The summed E-state index contributed by atoms with van der Waals surface area (Å²) < 4.78 is 64.3. The molecule has 3 rings (SSSR count). The molecule has 0 spiro atoms. The molecular weight excluding hydrogens is 369 g/mol. The smallest absolute Gasteiger partial charge is 0.322 e. The summed E-state index contributed by atoms with van der Waals surface area (Å²) in [4.78, 5) is 12.3. The van der Waals surface area contributed by atoms with Crippen LogP contribution in [0.15, 0.2) is 48.5 Å². The molecule has 138 valence electrons. The minimum Gasteiger partial charge on any atom is -0.322 e. The van der Waals surface area contributed by atoms with E-state index in [9.17, 15) is 26.4 Å². The first-order valence-corrected chi connectivity index (χ1v) is 9.37. The second kappa shape index (κ2) is 6.64. The van der Waals surface area contributed by atoms with Crippen molar-refractivity contribution in [2.75, 3.05) is 21.9 Å². The lowest BCUT2D eigenvalue weighted by atomic mass is 10.1. The van der Waals surface area contributed by atoms with Gasteiger partial charge in [0.15, 0.2) is 0 Å². The van der Waals surface area contributed by atoms with Crippen LogP contribution < -0.4 is 9.62 Å². The lowest BCUT2D eigenvalue weighted by molar-refractivity contribution is -0.137. The number of hydrogen-bond donors (Lipinski definition) is 1. The number of nitrogens with one attached hydrogen (secondary N) is 1. The van der Waals surface area contributed by atoms with Gasteiger partial charge in [-0.15, -0.1) is 0 Å². The van der Waals surface area contributed by atoms with Crippen molar-refractivity contribution >= 4 is 27.3 Å². The van der Waals surface area contributed by atoms with E-state index in [1.54, 1.807) is 6.07 Å². The number of rotatable bonds is 3. The Morgan fingerprint density at radius 3 is 2.46 bits per heavy atom. The van der Waals surface area contributed by atoms with Crippen molar-refractivity contribution in [3.63, 3.8) is 0 Å². The van der Waals surface area contributed by atoms with Crippen LogP contribution in [0.25, 0.3) is 0 Å². The number of benzene rings is 2. The minimum absolute atomic E-state index is 0.0442. The molecule has 9 heteroatoms. The lowest BCUT2D eigenvalue weighted by Crippen LogP contribution is -2.25. The Hall–Kier alpha value is -2.55. The van der Waals surface area contributed by atoms with Crippen LogP contribution in [0.5, 0.6) is 0 Å². The summed E-state index contributed by atoms with van der Waals surface area (Å²) in [5.74, 6) is -0.873. The third-order valence-corrected chi connectivity index (χ3v) is 5.84. The predicted molar refractivity (Wildman–Crippen MR) is 91.6 cm³/mol. The molecule has 0 unspecified atom stereocenters. The minimum atomic E-state index is -4.65. The molecule has 1 N–H and O–H groups in total. The summed E-state index contributed by atoms with van der Waals surface area (Å²) in [6.45, 7) is 0.330. The van der Waals surface area contributed by atoms with Crippen molar-refractivity contribution in [3.8, 4) is 0 Å². The molecule has 2 aromatic carbocycles. The number of carbonyl (C=O) groups is 1. The van der Waals surface area contributed by atoms with Crippen molar-refractivity contribution in [2.45, 2.75) is 12.6 Å². The topological polar surface area (TPSA) is 66.5 Å². The highest BCUT2D eigenvalue weighted by atomic mass is 32.2. The van der Waals surface area contributed by atoms with E-state index in [1.165, 1.54) is 34.6 Å². The van der Waals surface area contributed by atoms with Gasteiger partial charge in [0.25, 0.3) is 5.91 Å². The van der Waals surface area contributed by atoms with E-state index < -0.39 is 33.2 Å². The Kier molecular flexibility index (Phi) is 4.66. The molecule has 1 aliphatic rings. The molecule has 26 heavy (non-hydrogen) atoms. The summed E-state index contributed by atoms with van der Waals surface area (Å²) in [5, 5.41) is 2.40. The zero-order valence-corrected chi connectivity index (χ0v) is 14.3. The normalized spacial score (nSPS) is 16.5. The number of sulfonamides is 1. The van der Waals surface area contributed by atoms with Crippen LogP contribution in [0, 0.1) is 0 Å². The van der Waals surface area contributed by atoms with Gasteiger partial charge in [-0.05, 0) is 36.8 Å². The first-order valence-electron chi connectivity index (χ1n) is 7.76. The number of halogens is 3. The third kappa shape index (κ3) is 3.67. The Morgan fingerprint density at radius 2 is 1.81 bits per heavy atom. The quantitative estimate of drug-likeness (QED) is 0.881. The zero-order valence-electron chi connectivity index (χ0n) is 13.5. The van der Waals surface area contributed by atoms with Crippen molar-refractivity contribution in [1.82, 2.24) is 0 Å². The van der Waals surface area contributed by atoms with Crippen molar-refractivity contribution in [2.24, 2.45) is 0 Å². The Labute approximate surface area is 148 Å². The van der Waals surface area contributed by atoms with Crippen LogP contribution in [0.2, 0.25) is 0 Å². The molecule has 5 nitrogen and oxygen atoms in total. The van der Waals surface area contributed by atoms with E-state index in [0.717, 1.165) is 12.1 Å². The van der Waals surface area contributed by atoms with Crippen LogP contribution >= 0.6 is 0 Å². The fourth-order valence-electron chi connectivity index (χ4n) is 2.80. The number of carbonyl (C=O) groups excluding carboxylic acids is 1. The maximum Gasteiger partial charge on any atom is 0.417 e. The highest BCUT2D eigenvalue weighted by Crippen LogP contribution is 2.32. The van der Waals surface area contributed by atoms with Crippen LogP contribution in [-0.4, -0.2) is 26.6 Å². The predicted octanol–water partition coefficient (Wildman–Crippen LogP) is 3.50. The number of anilines is 2. The molecule has 0 aromatic heterocycles. The van der Waals surface area contributed by atoms with E-state index in [0.29, 0.717) is 18.7 Å². The van der Waals surface area contributed by atoms with Gasteiger partial charge in [-0.1, -0.05) is 18.2 Å². The number of amides is 1. The number of alkyl halides is 3. The molecular formula is C17H15F3N2O3S. The molecule has 1 saturated heterocycles. The van der Waals surface area contributed by atoms with E-state index in [2.05, 4.69) is 5.32 Å². The number of hydrogen-bond acceptors (Lipinski definition) is 3. The summed E-state index contributed by atoms with van der Waals surface area (Å²) in [6, 6.07) is 10.5. The molecule has 1 amide bonds. The van der Waals surface area contributed by atoms with Crippen molar-refractivity contribution in [1.29, 1.82) is 0 Å². The molecule has 0 aliphatic carbocycles. The SMILES string of the molecule is O=C(Nc1cccc(N2CCCS2(=O)=O)c1)c1ccccc1C(F)(F)F. The summed E-state index contributed by atoms with van der Waals surface area (Å²) >= 11 is 0. The standard InChI is InChI=1S/C17H15F3N2O3S/c18-17(19,20)15-8-2-1-7-14(15)16(23)21-12-5-3-6-13(11-12)22-9-4-10-26(22,24)25/h1-3,5-8,11H,4,9-10H2,(H,21,23). The largest absolute Gasteiger partial charge is 0.417 e. The Morgan fingerprint density at radius 1 is 1.08 bits per heavy atom. The van der Waals surface area contributed by atoms with Gasteiger partial charge in [-0.2, -0.15) is 13.2 Å². The summed E-state index contributed by atoms with van der Waals surface area (Å²) in [5.41, 5.74) is -0.953. The first-order chi connectivity index (χ1) is 12.2. The average Bonchev–Trinajstić information content (AvgIpc) is 2.93. The summed E-state index contributed by atoms with van der Waals surface area (Å²) in [6.07, 6.45) is -4.16. The lowest BCUT2D eigenvalue weighted by Gasteiger charge is -2.18. The third-order valence-electron chi connectivity index (χ3n) is 3.97. The molecule has 2 aromatic rings. The molecule has 0 atom stereocenters. The highest BCUT2D eigenvalue weighted by Gasteiger charge is 2.35. The van der Waals surface area contributed by atoms with Gasteiger partial charge in [-0.25, -0.2) is 8.42 Å². The van der Waals surface area contributed by atoms with Gasteiger partial charge in [0, 0.05) is 12.2 Å². The molecule has 0 radical (unpaired) electrons. The van der Waals surface area contributed by atoms with Crippen molar-refractivity contribution in [3.05, 3.63) is 59.7 Å². The van der Waals surface area contributed by atoms with Gasteiger partial charge in [-0.3, -0.25) is 9.10 Å². The van der Waals surface area contributed by atoms with Crippen LogP contribution in [0.3, 0.4) is 0 Å². The van der Waals surface area contributed by atoms with E-state index in [4.69, 9.17) is 0 Å². The molecule has 1 fully saturated rings. The van der Waals surface area contributed by atoms with E-state index in [1.807, 2.05) is 0 Å². The van der Waals surface area contributed by atoms with E-state index >= 15 is 0 Å². The van der Waals surface area contributed by atoms with Crippen molar-refractivity contribution < 1.29 is 26.4 Å². The highest BCUT2D eigenvalue weighted by molar-refractivity contribution is 7.93. The molecule has 0 saturated carbocycles.